The maximum absolute atomic E-state index is 3.66. The molecule has 0 aliphatic carbocycles. The van der Waals surface area contributed by atoms with E-state index in [2.05, 4.69) is 143 Å². The molecule has 34 heavy (non-hydrogen) atoms. The van der Waals surface area contributed by atoms with E-state index < -0.39 is 0 Å². The van der Waals surface area contributed by atoms with E-state index in [-0.39, 0.29) is 0 Å². The van der Waals surface area contributed by atoms with E-state index in [1.807, 2.05) is 11.3 Å². The molecule has 0 spiro atoms. The van der Waals surface area contributed by atoms with Crippen LogP contribution in [0.4, 0.5) is 11.4 Å². The number of fused-ring (bicyclic) bond motifs is 3. The summed E-state index contributed by atoms with van der Waals surface area (Å²) in [7, 11) is 0. The average Bonchev–Trinajstić information content (AvgIpc) is 3.27. The van der Waals surface area contributed by atoms with Gasteiger partial charge in [0, 0.05) is 32.2 Å². The van der Waals surface area contributed by atoms with Crippen molar-refractivity contribution in [3.8, 4) is 11.1 Å². The van der Waals surface area contributed by atoms with Gasteiger partial charge in [-0.3, -0.25) is 0 Å². The minimum Gasteiger partial charge on any atom is -0.336 e. The maximum atomic E-state index is 3.66. The Morgan fingerprint density at radius 1 is 0.794 bits per heavy atom. The van der Waals surface area contributed by atoms with Crippen molar-refractivity contribution in [3.05, 3.63) is 120 Å². The number of nitrogens with zero attached hydrogens (tertiary/aromatic N) is 1. The number of anilines is 2. The van der Waals surface area contributed by atoms with Crippen LogP contribution in [0.5, 0.6) is 0 Å². The summed E-state index contributed by atoms with van der Waals surface area (Å²) in [5, 5.41) is 2.65. The molecule has 0 fully saturated rings. The monoisotopic (exact) mass is 523 g/mol. The van der Waals surface area contributed by atoms with Gasteiger partial charge >= 0.3 is 0 Å². The second-order valence-corrected chi connectivity index (χ2v) is 10.1. The van der Waals surface area contributed by atoms with Crippen LogP contribution in [0.2, 0.25) is 0 Å². The first kappa shape index (κ1) is 22.6. The minimum atomic E-state index is 0.782. The summed E-state index contributed by atoms with van der Waals surface area (Å²) < 4.78 is 3.77. The Hall–Kier alpha value is -3.14. The summed E-state index contributed by atoms with van der Waals surface area (Å²) in [6.07, 6.45) is 7.58. The van der Waals surface area contributed by atoms with Crippen LogP contribution in [0.15, 0.2) is 120 Å². The highest BCUT2D eigenvalue weighted by atomic mass is 79.9. The van der Waals surface area contributed by atoms with E-state index in [9.17, 15) is 0 Å². The molecule has 5 rings (SSSR count). The lowest BCUT2D eigenvalue weighted by Gasteiger charge is -2.25. The molecular formula is C31H26BrNS. The standard InChI is InChI=1S/C31H26BrNS/c1-2-10-25(32)13-9-22-33(26-20-18-24(19-21-26)23-11-4-3-5-12-23)29-16-8-15-28-27-14-6-7-17-30(27)34-31(28)29/h3-21H,2,22H2,1H3/b13-9-,25-10+. The summed E-state index contributed by atoms with van der Waals surface area (Å²) in [6.45, 7) is 2.93. The highest BCUT2D eigenvalue weighted by molar-refractivity contribution is 9.11. The fourth-order valence-corrected chi connectivity index (χ4v) is 6.02. The first-order valence-corrected chi connectivity index (χ1v) is 13.2. The predicted molar refractivity (Wildman–Crippen MR) is 155 cm³/mol. The van der Waals surface area contributed by atoms with Crippen molar-refractivity contribution in [1.29, 1.82) is 0 Å². The lowest BCUT2D eigenvalue weighted by Crippen LogP contribution is -2.17. The Morgan fingerprint density at radius 3 is 2.29 bits per heavy atom. The maximum Gasteiger partial charge on any atom is 0.0595 e. The lowest BCUT2D eigenvalue weighted by atomic mass is 10.0. The lowest BCUT2D eigenvalue weighted by molar-refractivity contribution is 1.11. The first-order chi connectivity index (χ1) is 16.7. The fraction of sp³-hybridized carbons (Fsp3) is 0.0968. The van der Waals surface area contributed by atoms with E-state index in [4.69, 9.17) is 0 Å². The number of allylic oxidation sites excluding steroid dienone is 3. The molecule has 0 radical (unpaired) electrons. The second-order valence-electron chi connectivity index (χ2n) is 8.18. The molecule has 0 saturated carbocycles. The van der Waals surface area contributed by atoms with Crippen molar-refractivity contribution in [2.24, 2.45) is 0 Å². The van der Waals surface area contributed by atoms with Crippen molar-refractivity contribution >= 4 is 58.8 Å². The molecule has 0 amide bonds. The van der Waals surface area contributed by atoms with Gasteiger partial charge in [-0.25, -0.2) is 0 Å². The third-order valence-corrected chi connectivity index (χ3v) is 7.72. The summed E-state index contributed by atoms with van der Waals surface area (Å²) in [5.74, 6) is 0. The SMILES string of the molecule is CC/C=C(Br)\C=C/CN(c1ccc(-c2ccccc2)cc1)c1cccc2c1sc1ccccc12. The van der Waals surface area contributed by atoms with Gasteiger partial charge < -0.3 is 4.90 Å². The number of thiophene rings is 1. The average molecular weight is 525 g/mol. The van der Waals surface area contributed by atoms with Crippen LogP contribution in [0.3, 0.4) is 0 Å². The van der Waals surface area contributed by atoms with Gasteiger partial charge in [0.05, 0.1) is 10.4 Å². The molecule has 0 atom stereocenters. The van der Waals surface area contributed by atoms with Gasteiger partial charge in [0.15, 0.2) is 0 Å². The quantitative estimate of drug-likeness (QED) is 0.192. The number of halogens is 1. The van der Waals surface area contributed by atoms with Crippen molar-refractivity contribution < 1.29 is 0 Å². The predicted octanol–water partition coefficient (Wildman–Crippen LogP) is 10.1. The van der Waals surface area contributed by atoms with Crippen molar-refractivity contribution in [3.63, 3.8) is 0 Å². The Labute approximate surface area is 213 Å². The smallest absolute Gasteiger partial charge is 0.0595 e. The normalized spacial score (nSPS) is 12.1. The zero-order valence-corrected chi connectivity index (χ0v) is 21.5. The highest BCUT2D eigenvalue weighted by Gasteiger charge is 2.15. The van der Waals surface area contributed by atoms with Gasteiger partial charge in [-0.1, -0.05) is 114 Å². The largest absolute Gasteiger partial charge is 0.336 e. The molecule has 0 aliphatic rings. The first-order valence-electron chi connectivity index (χ1n) is 11.6. The molecule has 0 unspecified atom stereocenters. The summed E-state index contributed by atoms with van der Waals surface area (Å²) in [4.78, 5) is 2.41. The van der Waals surface area contributed by atoms with Crippen molar-refractivity contribution in [2.45, 2.75) is 13.3 Å². The van der Waals surface area contributed by atoms with Gasteiger partial charge in [0.1, 0.15) is 0 Å². The highest BCUT2D eigenvalue weighted by Crippen LogP contribution is 2.41. The molecule has 0 bridgehead atoms. The van der Waals surface area contributed by atoms with Gasteiger partial charge in [0.2, 0.25) is 0 Å². The number of rotatable bonds is 7. The van der Waals surface area contributed by atoms with Crippen LogP contribution in [0, 0.1) is 0 Å². The zero-order chi connectivity index (χ0) is 23.3. The Bertz CT molecular complexity index is 1460. The number of hydrogen-bond acceptors (Lipinski definition) is 2. The van der Waals surface area contributed by atoms with E-state index in [1.165, 1.54) is 42.7 Å². The van der Waals surface area contributed by atoms with Crippen LogP contribution in [-0.2, 0) is 0 Å². The minimum absolute atomic E-state index is 0.782. The van der Waals surface area contributed by atoms with E-state index in [1.54, 1.807) is 0 Å². The van der Waals surface area contributed by atoms with Gasteiger partial charge in [-0.05, 0) is 41.8 Å². The van der Waals surface area contributed by atoms with Crippen molar-refractivity contribution in [1.82, 2.24) is 0 Å². The molecule has 1 aromatic heterocycles. The zero-order valence-electron chi connectivity index (χ0n) is 19.1. The Balaban J connectivity index is 1.58. The fourth-order valence-electron chi connectivity index (χ4n) is 4.29. The molecule has 1 heterocycles. The molecule has 4 aromatic carbocycles. The Morgan fingerprint density at radius 2 is 1.50 bits per heavy atom. The summed E-state index contributed by atoms with van der Waals surface area (Å²) in [6, 6.07) is 34.8. The van der Waals surface area contributed by atoms with Crippen LogP contribution < -0.4 is 4.90 Å². The second kappa shape index (κ2) is 10.4. The molecule has 1 nitrogen and oxygen atoms in total. The van der Waals surface area contributed by atoms with Crippen LogP contribution in [-0.4, -0.2) is 6.54 Å². The molecule has 5 aromatic rings. The molecular weight excluding hydrogens is 498 g/mol. The van der Waals surface area contributed by atoms with E-state index in [0.29, 0.717) is 0 Å². The van der Waals surface area contributed by atoms with Gasteiger partial charge in [-0.15, -0.1) is 11.3 Å². The Kier molecular flexibility index (Phi) is 6.94. The van der Waals surface area contributed by atoms with Crippen LogP contribution in [0.25, 0.3) is 31.3 Å². The number of benzene rings is 4. The number of hydrogen-bond donors (Lipinski definition) is 0. The van der Waals surface area contributed by atoms with Crippen molar-refractivity contribution in [2.75, 3.05) is 11.4 Å². The summed E-state index contributed by atoms with van der Waals surface area (Å²) in [5.41, 5.74) is 4.89. The van der Waals surface area contributed by atoms with E-state index >= 15 is 0 Å². The molecule has 3 heteroatoms. The topological polar surface area (TPSA) is 3.24 Å². The summed E-state index contributed by atoms with van der Waals surface area (Å²) >= 11 is 5.53. The molecule has 0 aliphatic heterocycles. The molecule has 0 saturated heterocycles. The van der Waals surface area contributed by atoms with Crippen LogP contribution >= 0.6 is 27.3 Å². The van der Waals surface area contributed by atoms with Crippen LogP contribution in [0.1, 0.15) is 13.3 Å². The van der Waals surface area contributed by atoms with E-state index in [0.717, 1.165) is 17.4 Å². The van der Waals surface area contributed by atoms with Gasteiger partial charge in [0.25, 0.3) is 0 Å². The molecule has 168 valence electrons. The van der Waals surface area contributed by atoms with Gasteiger partial charge in [-0.2, -0.15) is 0 Å². The molecule has 0 N–H and O–H groups in total. The third-order valence-electron chi connectivity index (χ3n) is 5.92. The third kappa shape index (κ3) is 4.72.